The molecule has 1 saturated heterocycles. The predicted octanol–water partition coefficient (Wildman–Crippen LogP) is 2.84. The van der Waals surface area contributed by atoms with Gasteiger partial charge in [-0.2, -0.15) is 0 Å². The molecule has 2 aromatic rings. The van der Waals surface area contributed by atoms with Crippen molar-refractivity contribution in [1.29, 1.82) is 0 Å². The second kappa shape index (κ2) is 6.96. The molecule has 0 radical (unpaired) electrons. The fourth-order valence-electron chi connectivity index (χ4n) is 4.23. The maximum absolute atomic E-state index is 13.4. The van der Waals surface area contributed by atoms with Gasteiger partial charge in [0.15, 0.2) is 0 Å². The molecular weight excluding hydrogens is 310 g/mol. The van der Waals surface area contributed by atoms with E-state index in [9.17, 15) is 4.79 Å². The number of likely N-dealkylation sites (N-methyl/N-ethyl adjacent to an activating group) is 1. The summed E-state index contributed by atoms with van der Waals surface area (Å²) in [5, 5.41) is 0. The fourth-order valence-corrected chi connectivity index (χ4v) is 4.23. The topological polar surface area (TPSA) is 36.4 Å². The van der Waals surface area contributed by atoms with Crippen molar-refractivity contribution in [2.45, 2.75) is 37.8 Å². The summed E-state index contributed by atoms with van der Waals surface area (Å²) < 4.78 is 0. The Bertz CT molecular complexity index is 715. The number of pyridine rings is 1. The zero-order chi connectivity index (χ0) is 17.2. The number of carbonyl (C=O) groups excluding carboxylic acids is 1. The Kier molecular flexibility index (Phi) is 4.53. The first-order chi connectivity index (χ1) is 12.2. The van der Waals surface area contributed by atoms with Gasteiger partial charge in [0.25, 0.3) is 0 Å². The third-order valence-electron chi connectivity index (χ3n) is 5.66. The molecule has 0 unspecified atom stereocenters. The van der Waals surface area contributed by atoms with Crippen molar-refractivity contribution in [1.82, 2.24) is 14.8 Å². The molecule has 130 valence electrons. The summed E-state index contributed by atoms with van der Waals surface area (Å²) >= 11 is 0. The lowest BCUT2D eigenvalue weighted by atomic mass is 10.0. The normalized spacial score (nSPS) is 18.9. The van der Waals surface area contributed by atoms with Crippen LogP contribution in [0.1, 0.15) is 35.6 Å². The van der Waals surface area contributed by atoms with Gasteiger partial charge >= 0.3 is 0 Å². The fraction of sp³-hybridized carbons (Fsp3) is 0.429. The van der Waals surface area contributed by atoms with Gasteiger partial charge in [-0.3, -0.25) is 14.7 Å². The maximum atomic E-state index is 13.4. The molecular formula is C21H25N3O. The molecule has 0 saturated carbocycles. The van der Waals surface area contributed by atoms with Gasteiger partial charge in [0.05, 0.1) is 0 Å². The van der Waals surface area contributed by atoms with Crippen molar-refractivity contribution in [3.63, 3.8) is 0 Å². The van der Waals surface area contributed by atoms with Crippen LogP contribution in [0.3, 0.4) is 0 Å². The highest BCUT2D eigenvalue weighted by atomic mass is 16.2. The molecule has 0 bridgehead atoms. The molecule has 1 atom stereocenters. The second-order valence-corrected chi connectivity index (χ2v) is 7.21. The van der Waals surface area contributed by atoms with Crippen molar-refractivity contribution in [2.75, 3.05) is 20.1 Å². The van der Waals surface area contributed by atoms with Crippen LogP contribution in [-0.4, -0.2) is 46.9 Å². The Hall–Kier alpha value is -2.20. The van der Waals surface area contributed by atoms with Crippen molar-refractivity contribution in [3.8, 4) is 0 Å². The Morgan fingerprint density at radius 3 is 2.40 bits per heavy atom. The number of likely N-dealkylation sites (tertiary alicyclic amines) is 1. The minimum atomic E-state index is -0.204. The van der Waals surface area contributed by atoms with E-state index in [1.165, 1.54) is 24.0 Å². The van der Waals surface area contributed by atoms with Gasteiger partial charge in [-0.25, -0.2) is 0 Å². The molecule has 4 nitrogen and oxygen atoms in total. The van der Waals surface area contributed by atoms with Crippen LogP contribution in [0.15, 0.2) is 48.8 Å². The van der Waals surface area contributed by atoms with Crippen LogP contribution in [0.5, 0.6) is 0 Å². The van der Waals surface area contributed by atoms with Gasteiger partial charge in [-0.15, -0.1) is 0 Å². The molecule has 4 rings (SSSR count). The highest BCUT2D eigenvalue weighted by Crippen LogP contribution is 2.30. The number of aromatic nitrogens is 1. The SMILES string of the molecule is CN(C(=O)[C@@H](c1cccnc1)N1CCCC1)C1Cc2ccccc2C1. The molecule has 1 fully saturated rings. The summed E-state index contributed by atoms with van der Waals surface area (Å²) in [5.74, 6) is 0.202. The van der Waals surface area contributed by atoms with Gasteiger partial charge in [-0.1, -0.05) is 30.3 Å². The van der Waals surface area contributed by atoms with Crippen molar-refractivity contribution < 1.29 is 4.79 Å². The summed E-state index contributed by atoms with van der Waals surface area (Å²) in [6, 6.07) is 12.6. The highest BCUT2D eigenvalue weighted by Gasteiger charge is 2.35. The number of benzene rings is 1. The maximum Gasteiger partial charge on any atom is 0.244 e. The molecule has 4 heteroatoms. The van der Waals surface area contributed by atoms with Crippen LogP contribution in [-0.2, 0) is 17.6 Å². The van der Waals surface area contributed by atoms with Crippen LogP contribution in [0.4, 0.5) is 0 Å². The lowest BCUT2D eigenvalue weighted by Crippen LogP contribution is -2.45. The standard InChI is InChI=1S/C21H25N3O/c1-23(19-13-16-7-2-3-8-17(16)14-19)21(25)20(24-11-4-5-12-24)18-9-6-10-22-15-18/h2-3,6-10,15,19-20H,4-5,11-14H2,1H3/t20-/m1/s1. The minimum absolute atomic E-state index is 0.202. The minimum Gasteiger partial charge on any atom is -0.340 e. The summed E-state index contributed by atoms with van der Waals surface area (Å²) in [6.07, 6.45) is 7.87. The third-order valence-corrected chi connectivity index (χ3v) is 5.66. The van der Waals surface area contributed by atoms with E-state index in [4.69, 9.17) is 0 Å². The van der Waals surface area contributed by atoms with Crippen molar-refractivity contribution in [3.05, 3.63) is 65.5 Å². The van der Waals surface area contributed by atoms with E-state index in [1.54, 1.807) is 6.20 Å². The van der Waals surface area contributed by atoms with E-state index < -0.39 is 0 Å². The molecule has 1 aliphatic heterocycles. The number of carbonyl (C=O) groups is 1. The first-order valence-electron chi connectivity index (χ1n) is 9.21. The number of rotatable bonds is 4. The molecule has 1 aromatic carbocycles. The first-order valence-corrected chi connectivity index (χ1v) is 9.21. The van der Waals surface area contributed by atoms with Gasteiger partial charge in [0.2, 0.25) is 5.91 Å². The number of hydrogen-bond donors (Lipinski definition) is 0. The Morgan fingerprint density at radius 2 is 1.80 bits per heavy atom. The van der Waals surface area contributed by atoms with E-state index in [2.05, 4.69) is 34.1 Å². The van der Waals surface area contributed by atoms with Gasteiger partial charge in [0.1, 0.15) is 6.04 Å². The van der Waals surface area contributed by atoms with Gasteiger partial charge in [0, 0.05) is 25.5 Å². The smallest absolute Gasteiger partial charge is 0.244 e. The quantitative estimate of drug-likeness (QED) is 0.862. The molecule has 0 N–H and O–H groups in total. The Balaban J connectivity index is 1.56. The number of amides is 1. The molecule has 2 heterocycles. The van der Waals surface area contributed by atoms with Crippen molar-refractivity contribution >= 4 is 5.91 Å². The lowest BCUT2D eigenvalue weighted by Gasteiger charge is -2.33. The molecule has 0 spiro atoms. The number of nitrogens with zero attached hydrogens (tertiary/aromatic N) is 3. The van der Waals surface area contributed by atoms with Crippen LogP contribution >= 0.6 is 0 Å². The van der Waals surface area contributed by atoms with Gasteiger partial charge in [-0.05, 0) is 61.5 Å². The summed E-state index contributed by atoms with van der Waals surface area (Å²) in [6.45, 7) is 1.98. The third kappa shape index (κ3) is 3.19. The monoisotopic (exact) mass is 335 g/mol. The van der Waals surface area contributed by atoms with Gasteiger partial charge < -0.3 is 4.90 Å². The number of hydrogen-bond acceptors (Lipinski definition) is 3. The summed E-state index contributed by atoms with van der Waals surface area (Å²) in [4.78, 5) is 22.0. The molecule has 2 aliphatic rings. The molecule has 1 amide bonds. The predicted molar refractivity (Wildman–Crippen MR) is 98.2 cm³/mol. The Morgan fingerprint density at radius 1 is 1.12 bits per heavy atom. The van der Waals surface area contributed by atoms with Crippen molar-refractivity contribution in [2.24, 2.45) is 0 Å². The summed E-state index contributed by atoms with van der Waals surface area (Å²) in [7, 11) is 1.97. The van der Waals surface area contributed by atoms with E-state index >= 15 is 0 Å². The van der Waals surface area contributed by atoms with Crippen LogP contribution < -0.4 is 0 Å². The van der Waals surface area contributed by atoms with E-state index in [1.807, 2.05) is 30.3 Å². The molecule has 25 heavy (non-hydrogen) atoms. The second-order valence-electron chi connectivity index (χ2n) is 7.21. The van der Waals surface area contributed by atoms with E-state index in [-0.39, 0.29) is 18.0 Å². The average Bonchev–Trinajstić information content (AvgIpc) is 3.31. The molecule has 1 aliphatic carbocycles. The van der Waals surface area contributed by atoms with Crippen LogP contribution in [0.2, 0.25) is 0 Å². The average molecular weight is 335 g/mol. The van der Waals surface area contributed by atoms with Crippen LogP contribution in [0, 0.1) is 0 Å². The van der Waals surface area contributed by atoms with Crippen LogP contribution in [0.25, 0.3) is 0 Å². The molecule has 1 aromatic heterocycles. The summed E-state index contributed by atoms with van der Waals surface area (Å²) in [5.41, 5.74) is 3.77. The lowest BCUT2D eigenvalue weighted by molar-refractivity contribution is -0.137. The highest BCUT2D eigenvalue weighted by molar-refractivity contribution is 5.83. The zero-order valence-corrected chi connectivity index (χ0v) is 14.8. The largest absolute Gasteiger partial charge is 0.340 e. The zero-order valence-electron chi connectivity index (χ0n) is 14.8. The first kappa shape index (κ1) is 16.3. The Labute approximate surface area is 149 Å². The number of fused-ring (bicyclic) bond motifs is 1. The van der Waals surface area contributed by atoms with E-state index in [0.29, 0.717) is 0 Å². The van der Waals surface area contributed by atoms with E-state index in [0.717, 1.165) is 31.5 Å².